The second-order valence-corrected chi connectivity index (χ2v) is 19.2. The van der Waals surface area contributed by atoms with Crippen LogP contribution in [0.2, 0.25) is 0 Å². The first-order chi connectivity index (χ1) is 35.0. The molecule has 1 atom stereocenters. The van der Waals surface area contributed by atoms with Crippen LogP contribution in [0.3, 0.4) is 0 Å². The molecule has 0 aliphatic carbocycles. The van der Waals surface area contributed by atoms with Gasteiger partial charge in [0, 0.05) is 19.3 Å². The minimum Gasteiger partial charge on any atom is -0.462 e. The van der Waals surface area contributed by atoms with Crippen LogP contribution >= 0.6 is 0 Å². The number of ether oxygens (including phenoxy) is 3. The van der Waals surface area contributed by atoms with Crippen molar-refractivity contribution in [3.8, 4) is 0 Å². The second kappa shape index (κ2) is 58.6. The van der Waals surface area contributed by atoms with Gasteiger partial charge >= 0.3 is 17.9 Å². The molecule has 0 aliphatic rings. The van der Waals surface area contributed by atoms with Gasteiger partial charge in [0.15, 0.2) is 6.10 Å². The van der Waals surface area contributed by atoms with Crippen molar-refractivity contribution in [1.82, 2.24) is 0 Å². The zero-order chi connectivity index (χ0) is 51.4. The van der Waals surface area contributed by atoms with Gasteiger partial charge in [-0.3, -0.25) is 14.4 Å². The van der Waals surface area contributed by atoms with Gasteiger partial charge in [-0.25, -0.2) is 0 Å². The van der Waals surface area contributed by atoms with E-state index in [1.807, 2.05) is 12.2 Å². The van der Waals surface area contributed by atoms with Crippen molar-refractivity contribution in [2.45, 2.75) is 271 Å². The summed E-state index contributed by atoms with van der Waals surface area (Å²) in [5.41, 5.74) is 0. The first-order valence-corrected chi connectivity index (χ1v) is 29.4. The quantitative estimate of drug-likeness (QED) is 0.0261. The minimum atomic E-state index is -0.818. The summed E-state index contributed by atoms with van der Waals surface area (Å²) in [6.45, 7) is 6.41. The lowest BCUT2D eigenvalue weighted by Gasteiger charge is -2.18. The molecular weight excluding hydrogens is 877 g/mol. The Bertz CT molecular complexity index is 1460. The van der Waals surface area contributed by atoms with E-state index in [1.54, 1.807) is 0 Å². The van der Waals surface area contributed by atoms with Gasteiger partial charge in [-0.2, -0.15) is 0 Å². The molecule has 6 heteroatoms. The number of carbonyl (C=O) groups excluding carboxylic acids is 3. The Morgan fingerprint density at radius 3 is 0.972 bits per heavy atom. The molecule has 0 rings (SSSR count). The Balaban J connectivity index is 4.38. The Kier molecular flexibility index (Phi) is 55.4. The molecule has 0 bridgehead atoms. The van der Waals surface area contributed by atoms with Crippen LogP contribution in [0.4, 0.5) is 0 Å². The molecule has 1 unspecified atom stereocenters. The van der Waals surface area contributed by atoms with Crippen LogP contribution in [-0.2, 0) is 28.6 Å². The van der Waals surface area contributed by atoms with Gasteiger partial charge < -0.3 is 14.2 Å². The van der Waals surface area contributed by atoms with E-state index in [-0.39, 0.29) is 37.5 Å². The van der Waals surface area contributed by atoms with Crippen LogP contribution in [0.5, 0.6) is 0 Å². The van der Waals surface area contributed by atoms with Gasteiger partial charge in [-0.1, -0.05) is 239 Å². The van der Waals surface area contributed by atoms with E-state index in [4.69, 9.17) is 14.2 Å². The molecule has 0 saturated carbocycles. The van der Waals surface area contributed by atoms with Crippen LogP contribution in [0.1, 0.15) is 265 Å². The number of carbonyl (C=O) groups is 3. The first-order valence-electron chi connectivity index (χ1n) is 29.4. The predicted octanol–water partition coefficient (Wildman–Crippen LogP) is 19.9. The maximum absolute atomic E-state index is 12.8. The molecule has 0 saturated heterocycles. The SMILES string of the molecule is CC/C=C\C/C=C\C/C=C\C/C=C\CCC(=O)OCC(COC(=O)CCCCCCCCCCCC/C=C\C/C=C\C/C=C\CCCCCCC)OC(=O)CCCCCCC/C=C\C/C=C\CCCCC. The number of hydrogen-bond acceptors (Lipinski definition) is 6. The molecule has 0 aromatic carbocycles. The first kappa shape index (κ1) is 67.1. The molecule has 0 heterocycles. The molecule has 71 heavy (non-hydrogen) atoms. The fourth-order valence-electron chi connectivity index (χ4n) is 7.85. The van der Waals surface area contributed by atoms with Crippen molar-refractivity contribution in [2.24, 2.45) is 0 Å². The van der Waals surface area contributed by atoms with Gasteiger partial charge in [0.2, 0.25) is 0 Å². The molecule has 404 valence electrons. The molecule has 6 nitrogen and oxygen atoms in total. The smallest absolute Gasteiger partial charge is 0.306 e. The summed E-state index contributed by atoms with van der Waals surface area (Å²) in [5.74, 6) is -1.01. The highest BCUT2D eigenvalue weighted by molar-refractivity contribution is 5.71. The lowest BCUT2D eigenvalue weighted by atomic mass is 10.1. The largest absolute Gasteiger partial charge is 0.462 e. The lowest BCUT2D eigenvalue weighted by molar-refractivity contribution is -0.166. The van der Waals surface area contributed by atoms with Crippen molar-refractivity contribution in [3.05, 3.63) is 109 Å². The van der Waals surface area contributed by atoms with E-state index in [0.717, 1.165) is 103 Å². The van der Waals surface area contributed by atoms with Crippen LogP contribution in [0, 0.1) is 0 Å². The highest BCUT2D eigenvalue weighted by Crippen LogP contribution is 2.14. The zero-order valence-electron chi connectivity index (χ0n) is 46.2. The normalized spacial score (nSPS) is 12.9. The third-order valence-corrected chi connectivity index (χ3v) is 12.2. The molecule has 0 amide bonds. The molecule has 0 aromatic heterocycles. The lowest BCUT2D eigenvalue weighted by Crippen LogP contribution is -2.30. The molecule has 0 radical (unpaired) electrons. The number of unbranched alkanes of at least 4 members (excludes halogenated alkanes) is 23. The Hall–Kier alpha value is -3.93. The zero-order valence-corrected chi connectivity index (χ0v) is 46.2. The van der Waals surface area contributed by atoms with Crippen molar-refractivity contribution < 1.29 is 28.6 Å². The van der Waals surface area contributed by atoms with Crippen molar-refractivity contribution in [3.63, 3.8) is 0 Å². The third kappa shape index (κ3) is 56.9. The summed E-state index contributed by atoms with van der Waals surface area (Å²) in [6, 6.07) is 0. The van der Waals surface area contributed by atoms with E-state index in [9.17, 15) is 14.4 Å². The molecule has 0 aromatic rings. The third-order valence-electron chi connectivity index (χ3n) is 12.2. The monoisotopic (exact) mass is 985 g/mol. The van der Waals surface area contributed by atoms with Gasteiger partial charge in [-0.15, -0.1) is 0 Å². The van der Waals surface area contributed by atoms with Crippen molar-refractivity contribution >= 4 is 17.9 Å². The average molecular weight is 986 g/mol. The van der Waals surface area contributed by atoms with Gasteiger partial charge in [0.05, 0.1) is 0 Å². The Labute approximate surface area is 438 Å². The van der Waals surface area contributed by atoms with Crippen LogP contribution < -0.4 is 0 Å². The maximum Gasteiger partial charge on any atom is 0.306 e. The minimum absolute atomic E-state index is 0.109. The summed E-state index contributed by atoms with van der Waals surface area (Å²) in [5, 5.41) is 0. The fourth-order valence-corrected chi connectivity index (χ4v) is 7.85. The summed E-state index contributed by atoms with van der Waals surface area (Å²) >= 11 is 0. The summed E-state index contributed by atoms with van der Waals surface area (Å²) < 4.78 is 16.8. The summed E-state index contributed by atoms with van der Waals surface area (Å²) in [4.78, 5) is 38.1. The van der Waals surface area contributed by atoms with E-state index in [0.29, 0.717) is 19.3 Å². The van der Waals surface area contributed by atoms with E-state index < -0.39 is 6.10 Å². The highest BCUT2D eigenvalue weighted by Gasteiger charge is 2.19. The van der Waals surface area contributed by atoms with E-state index >= 15 is 0 Å². The molecular formula is C65H108O6. The number of allylic oxidation sites excluding steroid dienone is 18. The average Bonchev–Trinajstić information content (AvgIpc) is 3.37. The van der Waals surface area contributed by atoms with Crippen LogP contribution in [0.25, 0.3) is 0 Å². The maximum atomic E-state index is 12.8. The fraction of sp³-hybridized carbons (Fsp3) is 0.677. The molecule has 0 aliphatic heterocycles. The second-order valence-electron chi connectivity index (χ2n) is 19.2. The van der Waals surface area contributed by atoms with Gasteiger partial charge in [0.1, 0.15) is 13.2 Å². The van der Waals surface area contributed by atoms with Crippen molar-refractivity contribution in [2.75, 3.05) is 13.2 Å². The predicted molar refractivity (Wildman–Crippen MR) is 307 cm³/mol. The molecule has 0 spiro atoms. The Morgan fingerprint density at radius 1 is 0.296 bits per heavy atom. The van der Waals surface area contributed by atoms with E-state index in [1.165, 1.54) is 116 Å². The van der Waals surface area contributed by atoms with E-state index in [2.05, 4.69) is 118 Å². The van der Waals surface area contributed by atoms with Crippen LogP contribution in [0.15, 0.2) is 109 Å². The number of esters is 3. The standard InChI is InChI=1S/C65H108O6/c1-4-7-10-13-16-19-22-25-27-28-29-30-31-32-33-34-35-36-38-40-43-46-49-52-55-58-64(67)70-61-62(60-69-63(66)57-54-51-48-45-42-39-24-21-18-15-12-9-6-3)71-65(68)59-56-53-50-47-44-41-37-26-23-20-17-14-11-8-5-2/h9,12,17-18,20-22,25-26,28-29,31-32,37,39,42,48,51,62H,4-8,10-11,13-16,19,23-24,27,30,33-36,38,40-41,43-47,49-50,52-61H2,1-3H3/b12-9-,20-17-,21-18-,25-22-,29-28-,32-31-,37-26-,42-39-,51-48-. The molecule has 0 fully saturated rings. The molecule has 0 N–H and O–H groups in total. The van der Waals surface area contributed by atoms with Crippen molar-refractivity contribution in [1.29, 1.82) is 0 Å². The number of rotatable bonds is 52. The van der Waals surface area contributed by atoms with Crippen LogP contribution in [-0.4, -0.2) is 37.2 Å². The summed E-state index contributed by atoms with van der Waals surface area (Å²) in [7, 11) is 0. The topological polar surface area (TPSA) is 78.9 Å². The Morgan fingerprint density at radius 2 is 0.577 bits per heavy atom. The highest BCUT2D eigenvalue weighted by atomic mass is 16.6. The van der Waals surface area contributed by atoms with Gasteiger partial charge in [0.25, 0.3) is 0 Å². The number of hydrogen-bond donors (Lipinski definition) is 0. The summed E-state index contributed by atoms with van der Waals surface area (Å²) in [6.07, 6.45) is 79.6. The van der Waals surface area contributed by atoms with Gasteiger partial charge in [-0.05, 0) is 116 Å².